The van der Waals surface area contributed by atoms with Crippen molar-refractivity contribution in [2.75, 3.05) is 20.7 Å². The average molecular weight is 472 g/mol. The first-order chi connectivity index (χ1) is 15.8. The number of ether oxygens (including phenoxy) is 3. The summed E-state index contributed by atoms with van der Waals surface area (Å²) in [5.74, 6) is -3.60. The van der Waals surface area contributed by atoms with Crippen molar-refractivity contribution in [3.05, 3.63) is 23.9 Å². The normalized spacial score (nSPS) is 53.7. The van der Waals surface area contributed by atoms with Gasteiger partial charge in [-0.3, -0.25) is 9.59 Å². The summed E-state index contributed by atoms with van der Waals surface area (Å²) in [4.78, 5) is 30.6. The van der Waals surface area contributed by atoms with Crippen LogP contribution in [0.25, 0.3) is 0 Å². The van der Waals surface area contributed by atoms with Gasteiger partial charge in [-0.2, -0.15) is 0 Å². The Morgan fingerprint density at radius 3 is 2.53 bits per heavy atom. The number of hydrogen-bond donors (Lipinski definition) is 1. The van der Waals surface area contributed by atoms with E-state index in [0.717, 1.165) is 18.4 Å². The fourth-order valence-corrected chi connectivity index (χ4v) is 9.26. The Labute approximate surface area is 201 Å². The maximum atomic E-state index is 14.5. The van der Waals surface area contributed by atoms with E-state index in [1.54, 1.807) is 0 Å². The van der Waals surface area contributed by atoms with Gasteiger partial charge in [0.1, 0.15) is 11.5 Å². The molecule has 1 N–H and O–H groups in total. The second-order valence-corrected chi connectivity index (χ2v) is 12.6. The molecule has 0 aromatic rings. The molecular weight excluding hydrogens is 434 g/mol. The van der Waals surface area contributed by atoms with Gasteiger partial charge in [-0.25, -0.2) is 0 Å². The lowest BCUT2D eigenvalue weighted by molar-refractivity contribution is -0.523. The van der Waals surface area contributed by atoms with E-state index in [1.807, 2.05) is 39.0 Å². The van der Waals surface area contributed by atoms with Crippen LogP contribution in [0, 0.1) is 34.0 Å². The molecule has 7 fully saturated rings. The quantitative estimate of drug-likeness (QED) is 0.620. The van der Waals surface area contributed by atoms with E-state index >= 15 is 0 Å². The number of hydrogen-bond acceptors (Lipinski definition) is 7. The lowest BCUT2D eigenvalue weighted by Crippen LogP contribution is -2.88. The maximum Gasteiger partial charge on any atom is 0.213 e. The van der Waals surface area contributed by atoms with Crippen LogP contribution in [0.2, 0.25) is 0 Å². The molecule has 0 radical (unpaired) electrons. The van der Waals surface area contributed by atoms with Crippen LogP contribution in [-0.2, 0) is 23.8 Å². The molecule has 3 saturated heterocycles. The van der Waals surface area contributed by atoms with Gasteiger partial charge in [-0.15, -0.1) is 0 Å². The summed E-state index contributed by atoms with van der Waals surface area (Å²) in [6, 6.07) is 0. The predicted octanol–water partition coefficient (Wildman–Crippen LogP) is 2.83. The summed E-state index contributed by atoms with van der Waals surface area (Å²) in [6.07, 6.45) is 3.05. The molecular formula is C27H37NO6. The number of carbonyl (C=O) groups is 2. The zero-order chi connectivity index (χ0) is 24.6. The zero-order valence-electron chi connectivity index (χ0n) is 21.1. The molecule has 7 aliphatic rings. The zero-order valence-corrected chi connectivity index (χ0v) is 21.1. The topological polar surface area (TPSA) is 85.3 Å². The monoisotopic (exact) mass is 471 g/mol. The van der Waals surface area contributed by atoms with Gasteiger partial charge >= 0.3 is 0 Å². The van der Waals surface area contributed by atoms with Gasteiger partial charge < -0.3 is 24.2 Å². The van der Waals surface area contributed by atoms with Gasteiger partial charge in [0.25, 0.3) is 0 Å². The largest absolute Gasteiger partial charge is 0.387 e. The molecule has 4 aliphatic carbocycles. The summed E-state index contributed by atoms with van der Waals surface area (Å²) < 4.78 is 19.6. The highest BCUT2D eigenvalue weighted by Crippen LogP contribution is 2.79. The van der Waals surface area contributed by atoms with E-state index in [4.69, 9.17) is 14.2 Å². The molecule has 7 heteroatoms. The highest BCUT2D eigenvalue weighted by molar-refractivity contribution is 6.08. The minimum atomic E-state index is -1.55. The van der Waals surface area contributed by atoms with E-state index in [0.29, 0.717) is 18.4 Å². The number of Topliss-reactive ketones (excluding diaryl/α,β-unsaturated/α-hetero) is 2. The van der Waals surface area contributed by atoms with Crippen LogP contribution in [0.5, 0.6) is 0 Å². The first-order valence-electron chi connectivity index (χ1n) is 12.7. The van der Waals surface area contributed by atoms with Crippen molar-refractivity contribution in [1.29, 1.82) is 0 Å². The second-order valence-electron chi connectivity index (χ2n) is 12.6. The SMILES string of the molecule is C=C1C(=O)[C@@]23[C@@H]4OC(C)(C)OC25OC[C@]2(C(=O)/C(=C\N(C)C)C[C@@](C)(CC)[C@H]2[C@@H]5O)[C@@H]3CC[C@@H]14. The molecule has 0 amide bonds. The third-order valence-electron chi connectivity index (χ3n) is 10.3. The summed E-state index contributed by atoms with van der Waals surface area (Å²) in [5, 5.41) is 12.3. The van der Waals surface area contributed by atoms with Crippen LogP contribution in [-0.4, -0.2) is 66.1 Å². The molecule has 3 aliphatic heterocycles. The lowest BCUT2D eigenvalue weighted by Gasteiger charge is -2.76. The van der Waals surface area contributed by atoms with E-state index in [2.05, 4.69) is 20.4 Å². The molecule has 34 heavy (non-hydrogen) atoms. The fraction of sp³-hybridized carbons (Fsp3) is 0.778. The van der Waals surface area contributed by atoms with Crippen molar-refractivity contribution >= 4 is 11.6 Å². The molecule has 7 rings (SSSR count). The third kappa shape index (κ3) is 2.17. The highest BCUT2D eigenvalue weighted by Gasteiger charge is 2.90. The summed E-state index contributed by atoms with van der Waals surface area (Å²) in [5.41, 5.74) is -1.36. The number of aliphatic hydroxyl groups is 1. The number of carbonyl (C=O) groups excluding carboxylic acids is 2. The number of ketones is 2. The first kappa shape index (κ1) is 22.9. The molecule has 186 valence electrons. The van der Waals surface area contributed by atoms with Gasteiger partial charge in [0.05, 0.1) is 18.1 Å². The minimum Gasteiger partial charge on any atom is -0.387 e. The van der Waals surface area contributed by atoms with Gasteiger partial charge in [-0.1, -0.05) is 26.8 Å². The Balaban J connectivity index is 1.67. The van der Waals surface area contributed by atoms with Crippen LogP contribution in [0.1, 0.15) is 53.4 Å². The van der Waals surface area contributed by atoms with Crippen molar-refractivity contribution in [3.63, 3.8) is 0 Å². The van der Waals surface area contributed by atoms with Crippen LogP contribution in [0.4, 0.5) is 0 Å². The smallest absolute Gasteiger partial charge is 0.213 e. The van der Waals surface area contributed by atoms with Crippen LogP contribution < -0.4 is 0 Å². The summed E-state index contributed by atoms with van der Waals surface area (Å²) in [7, 11) is 3.83. The Morgan fingerprint density at radius 1 is 1.18 bits per heavy atom. The van der Waals surface area contributed by atoms with Crippen molar-refractivity contribution in [2.24, 2.45) is 34.0 Å². The molecule has 3 heterocycles. The third-order valence-corrected chi connectivity index (χ3v) is 10.3. The van der Waals surface area contributed by atoms with Crippen LogP contribution in [0.3, 0.4) is 0 Å². The van der Waals surface area contributed by atoms with Crippen LogP contribution in [0.15, 0.2) is 23.9 Å². The number of nitrogens with zero attached hydrogens (tertiary/aromatic N) is 1. The molecule has 9 atom stereocenters. The van der Waals surface area contributed by atoms with E-state index in [9.17, 15) is 14.7 Å². The molecule has 0 aromatic carbocycles. The fourth-order valence-electron chi connectivity index (χ4n) is 9.26. The highest BCUT2D eigenvalue weighted by atomic mass is 16.8. The average Bonchev–Trinajstić information content (AvgIpc) is 2.87. The second kappa shape index (κ2) is 6.41. The number of rotatable bonds is 2. The molecule has 0 aromatic heterocycles. The number of aliphatic hydroxyl groups excluding tert-OH is 1. The van der Waals surface area contributed by atoms with Crippen LogP contribution >= 0.6 is 0 Å². The molecule has 3 spiro atoms. The molecule has 4 bridgehead atoms. The molecule has 1 unspecified atom stereocenters. The van der Waals surface area contributed by atoms with Crippen molar-refractivity contribution in [3.8, 4) is 0 Å². The van der Waals surface area contributed by atoms with E-state index in [-0.39, 0.29) is 41.3 Å². The molecule has 4 saturated carbocycles. The summed E-state index contributed by atoms with van der Waals surface area (Å²) >= 11 is 0. The Hall–Kier alpha value is -1.54. The number of allylic oxidation sites excluding steroid dienone is 1. The van der Waals surface area contributed by atoms with Gasteiger partial charge in [0.2, 0.25) is 5.79 Å². The van der Waals surface area contributed by atoms with Crippen molar-refractivity contribution < 1.29 is 28.9 Å². The Morgan fingerprint density at radius 2 is 1.88 bits per heavy atom. The number of fused-ring (bicyclic) bond motifs is 1. The minimum absolute atomic E-state index is 0.0104. The lowest BCUT2D eigenvalue weighted by atomic mass is 9.35. The van der Waals surface area contributed by atoms with Gasteiger partial charge in [-0.05, 0) is 50.0 Å². The van der Waals surface area contributed by atoms with Gasteiger partial charge in [0.15, 0.2) is 17.4 Å². The Bertz CT molecular complexity index is 1050. The predicted molar refractivity (Wildman–Crippen MR) is 123 cm³/mol. The van der Waals surface area contributed by atoms with Crippen molar-refractivity contribution in [2.45, 2.75) is 77.2 Å². The standard InChI is InChI=1S/C27H37NO6/c1-8-24(5)11-15(12-28(6)7)20(30)25-13-32-27(21(31)18(24)25)26-17(25)10-9-16(14(2)19(26)29)22(26)33-23(3,4)34-27/h12,16-18,21-22,31H,2,8-11,13H2,1,3-7H3/b15-12-/t16-,17-,18+,21-,22+,24+,25-,26-,27?/m0/s1. The van der Waals surface area contributed by atoms with E-state index in [1.165, 1.54) is 0 Å². The Kier molecular flexibility index (Phi) is 4.32. The van der Waals surface area contributed by atoms with Gasteiger partial charge in [0, 0.05) is 37.7 Å². The summed E-state index contributed by atoms with van der Waals surface area (Å²) in [6.45, 7) is 12.3. The molecule has 7 nitrogen and oxygen atoms in total. The maximum absolute atomic E-state index is 14.5. The van der Waals surface area contributed by atoms with E-state index < -0.39 is 34.6 Å². The van der Waals surface area contributed by atoms with Crippen molar-refractivity contribution in [1.82, 2.24) is 4.90 Å². The first-order valence-corrected chi connectivity index (χ1v) is 12.7.